The van der Waals surface area contributed by atoms with Crippen LogP contribution < -0.4 is 0 Å². The third-order valence-corrected chi connectivity index (χ3v) is 7.16. The molecule has 0 spiro atoms. The van der Waals surface area contributed by atoms with Gasteiger partial charge >= 0.3 is 17.8 Å². The Labute approximate surface area is 182 Å². The van der Waals surface area contributed by atoms with E-state index in [-0.39, 0.29) is 25.8 Å². The molecule has 0 N–H and O–H groups in total. The van der Waals surface area contributed by atoms with Crippen molar-refractivity contribution in [2.24, 2.45) is 0 Å². The molecule has 1 aliphatic carbocycles. The number of terminal acetylenes is 1. The van der Waals surface area contributed by atoms with Gasteiger partial charge in [-0.2, -0.15) is 26.3 Å². The molecule has 0 amide bonds. The normalized spacial score (nSPS) is 18.9. The first kappa shape index (κ1) is 21.7. The number of allylic oxidation sites excluding steroid dienone is 2. The SMILES string of the molecule is C#Cc1cc(C2=C(c3cc(-c4ccccn4)sc3C)C(F)(F)C(F)(F)C2(F)F)c(C)s1. The molecule has 0 atom stereocenters. The Morgan fingerprint density at radius 3 is 1.97 bits per heavy atom. The number of aryl methyl sites for hydroxylation is 2. The highest BCUT2D eigenvalue weighted by atomic mass is 32.1. The summed E-state index contributed by atoms with van der Waals surface area (Å²) in [5.74, 6) is -13.5. The number of hydrogen-bond acceptors (Lipinski definition) is 3. The van der Waals surface area contributed by atoms with Crippen LogP contribution in [0.1, 0.15) is 25.8 Å². The molecule has 3 aromatic rings. The predicted molar refractivity (Wildman–Crippen MR) is 111 cm³/mol. The van der Waals surface area contributed by atoms with Crippen LogP contribution in [0.3, 0.4) is 0 Å². The molecular formula is C22H13F6NS2. The highest BCUT2D eigenvalue weighted by molar-refractivity contribution is 7.15. The molecule has 0 unspecified atom stereocenters. The lowest BCUT2D eigenvalue weighted by Gasteiger charge is -2.25. The Balaban J connectivity index is 2.06. The lowest BCUT2D eigenvalue weighted by atomic mass is 9.95. The second kappa shape index (κ2) is 6.97. The minimum atomic E-state index is -5.60. The molecule has 0 aliphatic heterocycles. The number of aromatic nitrogens is 1. The highest BCUT2D eigenvalue weighted by Crippen LogP contribution is 2.65. The molecule has 0 saturated carbocycles. The van der Waals surface area contributed by atoms with E-state index >= 15 is 0 Å². The maximum absolute atomic E-state index is 15.0. The van der Waals surface area contributed by atoms with Crippen LogP contribution in [-0.2, 0) is 0 Å². The zero-order valence-corrected chi connectivity index (χ0v) is 17.7. The van der Waals surface area contributed by atoms with Crippen molar-refractivity contribution >= 4 is 33.8 Å². The zero-order chi connectivity index (χ0) is 22.8. The van der Waals surface area contributed by atoms with E-state index in [0.717, 1.165) is 28.7 Å². The van der Waals surface area contributed by atoms with Gasteiger partial charge in [0.2, 0.25) is 0 Å². The maximum Gasteiger partial charge on any atom is 0.380 e. The second-order valence-corrected chi connectivity index (χ2v) is 9.51. The van der Waals surface area contributed by atoms with Crippen molar-refractivity contribution in [2.75, 3.05) is 0 Å². The standard InChI is InChI=1S/C22H13F6NS2/c1-4-13-9-14(11(2)30-13)18-19(21(25,26)22(27,28)20(18,23)24)15-10-17(31-12(15)3)16-7-5-6-8-29-16/h1,5-10H,2-3H3. The van der Waals surface area contributed by atoms with Crippen molar-refractivity contribution in [2.45, 2.75) is 31.6 Å². The van der Waals surface area contributed by atoms with E-state index in [1.165, 1.54) is 26.1 Å². The van der Waals surface area contributed by atoms with Gasteiger partial charge in [0.05, 0.1) is 15.4 Å². The Hall–Kier alpha value is -2.57. The van der Waals surface area contributed by atoms with Gasteiger partial charge < -0.3 is 0 Å². The van der Waals surface area contributed by atoms with Crippen molar-refractivity contribution in [1.82, 2.24) is 4.98 Å². The molecular weight excluding hydrogens is 456 g/mol. The fourth-order valence-electron chi connectivity index (χ4n) is 3.60. The van der Waals surface area contributed by atoms with Crippen molar-refractivity contribution < 1.29 is 26.3 Å². The van der Waals surface area contributed by atoms with Crippen molar-refractivity contribution in [3.63, 3.8) is 0 Å². The molecule has 31 heavy (non-hydrogen) atoms. The molecule has 4 rings (SSSR count). The van der Waals surface area contributed by atoms with Gasteiger partial charge in [-0.3, -0.25) is 4.98 Å². The molecule has 1 aliphatic rings. The Bertz CT molecular complexity index is 1240. The van der Waals surface area contributed by atoms with E-state index in [1.807, 2.05) is 0 Å². The van der Waals surface area contributed by atoms with Crippen molar-refractivity contribution in [3.8, 4) is 22.9 Å². The van der Waals surface area contributed by atoms with Crippen LogP contribution in [0.5, 0.6) is 0 Å². The number of pyridine rings is 1. The van der Waals surface area contributed by atoms with E-state index in [4.69, 9.17) is 6.42 Å². The summed E-state index contributed by atoms with van der Waals surface area (Å²) in [5, 5.41) is 0. The topological polar surface area (TPSA) is 12.9 Å². The average Bonchev–Trinajstić information content (AvgIpc) is 3.30. The summed E-state index contributed by atoms with van der Waals surface area (Å²) in [6, 6.07) is 7.24. The summed E-state index contributed by atoms with van der Waals surface area (Å²) in [6.45, 7) is 2.81. The van der Waals surface area contributed by atoms with Gasteiger partial charge in [0, 0.05) is 27.1 Å². The third kappa shape index (κ3) is 2.96. The lowest BCUT2D eigenvalue weighted by Crippen LogP contribution is -2.48. The van der Waals surface area contributed by atoms with Crippen LogP contribution in [0.15, 0.2) is 36.5 Å². The van der Waals surface area contributed by atoms with Gasteiger partial charge in [0.25, 0.3) is 0 Å². The van der Waals surface area contributed by atoms with Gasteiger partial charge in [0.1, 0.15) is 0 Å². The Morgan fingerprint density at radius 2 is 1.45 bits per heavy atom. The molecule has 0 radical (unpaired) electrons. The first-order valence-electron chi connectivity index (χ1n) is 8.91. The van der Waals surface area contributed by atoms with Crippen LogP contribution >= 0.6 is 22.7 Å². The van der Waals surface area contributed by atoms with Gasteiger partial charge in [-0.1, -0.05) is 12.0 Å². The zero-order valence-electron chi connectivity index (χ0n) is 16.1. The molecule has 0 bridgehead atoms. The van der Waals surface area contributed by atoms with E-state index in [0.29, 0.717) is 10.6 Å². The fourth-order valence-corrected chi connectivity index (χ4v) is 5.44. The summed E-state index contributed by atoms with van der Waals surface area (Å²) < 4.78 is 88.7. The van der Waals surface area contributed by atoms with Gasteiger partial charge in [-0.05, 0) is 49.2 Å². The summed E-state index contributed by atoms with van der Waals surface area (Å²) in [7, 11) is 0. The summed E-state index contributed by atoms with van der Waals surface area (Å²) in [5.41, 5.74) is -3.07. The van der Waals surface area contributed by atoms with Gasteiger partial charge in [0.15, 0.2) is 0 Å². The largest absolute Gasteiger partial charge is 0.380 e. The predicted octanol–water partition coefficient (Wildman–Crippen LogP) is 7.30. The molecule has 3 aromatic heterocycles. The van der Waals surface area contributed by atoms with E-state index in [2.05, 4.69) is 10.9 Å². The van der Waals surface area contributed by atoms with Crippen LogP contribution in [0.4, 0.5) is 26.3 Å². The minimum absolute atomic E-state index is 0.159. The van der Waals surface area contributed by atoms with Crippen LogP contribution in [0, 0.1) is 26.2 Å². The lowest BCUT2D eigenvalue weighted by molar-refractivity contribution is -0.254. The Kier molecular flexibility index (Phi) is 4.87. The summed E-state index contributed by atoms with van der Waals surface area (Å²) >= 11 is 1.92. The number of alkyl halides is 6. The monoisotopic (exact) mass is 469 g/mol. The van der Waals surface area contributed by atoms with Gasteiger partial charge in [-0.25, -0.2) is 0 Å². The Morgan fingerprint density at radius 1 is 0.871 bits per heavy atom. The molecule has 0 saturated heterocycles. The molecule has 0 aromatic carbocycles. The van der Waals surface area contributed by atoms with Crippen LogP contribution in [0.2, 0.25) is 0 Å². The minimum Gasteiger partial charge on any atom is -0.255 e. The first-order chi connectivity index (χ1) is 14.4. The van der Waals surface area contributed by atoms with Crippen LogP contribution in [-0.4, -0.2) is 22.8 Å². The number of thiophene rings is 2. The maximum atomic E-state index is 15.0. The molecule has 160 valence electrons. The molecule has 1 nitrogen and oxygen atoms in total. The van der Waals surface area contributed by atoms with Crippen molar-refractivity contribution in [3.05, 3.63) is 62.3 Å². The highest BCUT2D eigenvalue weighted by Gasteiger charge is 2.80. The number of nitrogens with zero attached hydrogens (tertiary/aromatic N) is 1. The molecule has 0 fully saturated rings. The molecule has 3 heterocycles. The van der Waals surface area contributed by atoms with E-state index in [1.54, 1.807) is 18.2 Å². The third-order valence-electron chi connectivity index (χ3n) is 5.10. The smallest absolute Gasteiger partial charge is 0.255 e. The van der Waals surface area contributed by atoms with Crippen molar-refractivity contribution in [1.29, 1.82) is 0 Å². The summed E-state index contributed by atoms with van der Waals surface area (Å²) in [4.78, 5) is 5.07. The number of hydrogen-bond donors (Lipinski definition) is 0. The van der Waals surface area contributed by atoms with Crippen LogP contribution in [0.25, 0.3) is 21.7 Å². The quantitative estimate of drug-likeness (QED) is 0.290. The number of rotatable bonds is 3. The van der Waals surface area contributed by atoms with E-state index < -0.39 is 28.9 Å². The van der Waals surface area contributed by atoms with Gasteiger partial charge in [-0.15, -0.1) is 29.1 Å². The summed E-state index contributed by atoms with van der Waals surface area (Å²) in [6.07, 6.45) is 6.78. The number of halogens is 6. The second-order valence-electron chi connectivity index (χ2n) is 6.99. The van der Waals surface area contributed by atoms with E-state index in [9.17, 15) is 26.3 Å². The molecule has 9 heteroatoms. The first-order valence-corrected chi connectivity index (χ1v) is 10.5. The average molecular weight is 469 g/mol. The fraction of sp³-hybridized carbons (Fsp3) is 0.227.